The van der Waals surface area contributed by atoms with Crippen molar-refractivity contribution in [1.29, 1.82) is 0 Å². The van der Waals surface area contributed by atoms with Crippen molar-refractivity contribution in [3.63, 3.8) is 0 Å². The highest BCUT2D eigenvalue weighted by Crippen LogP contribution is 2.36. The smallest absolute Gasteiger partial charge is 0.197 e. The summed E-state index contributed by atoms with van der Waals surface area (Å²) >= 11 is 0. The van der Waals surface area contributed by atoms with Crippen molar-refractivity contribution in [2.45, 2.75) is 150 Å². The lowest BCUT2D eigenvalue weighted by molar-refractivity contribution is -0.391. The summed E-state index contributed by atoms with van der Waals surface area (Å²) in [6.07, 6.45) is -22.1. The highest BCUT2D eigenvalue weighted by Gasteiger charge is 2.56. The van der Waals surface area contributed by atoms with Crippen LogP contribution in [0.1, 0.15) is 27.7 Å². The van der Waals surface area contributed by atoms with Crippen LogP contribution in [0.4, 0.5) is 0 Å². The molecule has 4 rings (SSSR count). The minimum atomic E-state index is -1.74. The first-order valence-corrected chi connectivity index (χ1v) is 15.0. The Hall–Kier alpha value is -0.760. The Morgan fingerprint density at radius 3 is 1.89 bits per heavy atom. The van der Waals surface area contributed by atoms with Crippen molar-refractivity contribution in [3.05, 3.63) is 0 Å². The van der Waals surface area contributed by atoms with Gasteiger partial charge in [-0.2, -0.15) is 0 Å². The van der Waals surface area contributed by atoms with E-state index < -0.39 is 129 Å². The highest BCUT2D eigenvalue weighted by atomic mass is 16.8. The number of hydrogen-bond acceptors (Lipinski definition) is 19. The normalized spacial score (nSPS) is 52.8. The van der Waals surface area contributed by atoms with E-state index >= 15 is 0 Å². The molecule has 0 aromatic rings. The summed E-state index contributed by atoms with van der Waals surface area (Å²) in [5.41, 5.74) is 24.0. The largest absolute Gasteiger partial charge is 0.394 e. The molecule has 4 aliphatic heterocycles. The average molecular weight is 659 g/mol. The monoisotopic (exact) mass is 658 g/mol. The fraction of sp³-hybridized carbons (Fsp3) is 1.00. The van der Waals surface area contributed by atoms with E-state index in [0.29, 0.717) is 0 Å². The molecule has 0 saturated carbocycles. The van der Waals surface area contributed by atoms with Crippen LogP contribution in [0.15, 0.2) is 0 Å². The molecule has 4 heterocycles. The maximum atomic E-state index is 11.3. The minimum Gasteiger partial charge on any atom is -0.394 e. The summed E-state index contributed by atoms with van der Waals surface area (Å²) in [6.45, 7) is 5.48. The van der Waals surface area contributed by atoms with Crippen molar-refractivity contribution in [1.82, 2.24) is 0 Å². The van der Waals surface area contributed by atoms with Gasteiger partial charge < -0.3 is 96.6 Å². The number of aliphatic hydroxyl groups excluding tert-OH is 7. The van der Waals surface area contributed by atoms with Gasteiger partial charge in [0.2, 0.25) is 0 Å². The molecule has 0 bridgehead atoms. The van der Waals surface area contributed by atoms with Crippen LogP contribution in [0.25, 0.3) is 0 Å². The molecule has 19 atom stereocenters. The quantitative estimate of drug-likeness (QED) is 0.104. The Morgan fingerprint density at radius 2 is 1.29 bits per heavy atom. The van der Waals surface area contributed by atoms with Gasteiger partial charge >= 0.3 is 0 Å². The molecule has 45 heavy (non-hydrogen) atoms. The first-order valence-electron chi connectivity index (χ1n) is 15.0. The van der Waals surface area contributed by atoms with E-state index in [-0.39, 0.29) is 6.54 Å². The highest BCUT2D eigenvalue weighted by molar-refractivity contribution is 4.99. The van der Waals surface area contributed by atoms with Crippen molar-refractivity contribution >= 4 is 0 Å². The second kappa shape index (κ2) is 14.8. The predicted octanol–water partition coefficient (Wildman–Crippen LogP) is -6.44. The Morgan fingerprint density at radius 1 is 0.711 bits per heavy atom. The van der Waals surface area contributed by atoms with E-state index in [1.165, 1.54) is 13.8 Å². The van der Waals surface area contributed by atoms with Crippen LogP contribution in [0.2, 0.25) is 0 Å². The number of nitrogens with two attached hydrogens (primary N) is 4. The van der Waals surface area contributed by atoms with E-state index in [1.54, 1.807) is 13.8 Å². The third-order valence-electron chi connectivity index (χ3n) is 8.55. The third-order valence-corrected chi connectivity index (χ3v) is 8.55. The lowest BCUT2D eigenvalue weighted by Crippen LogP contribution is -2.68. The maximum Gasteiger partial charge on any atom is 0.197 e. The fourth-order valence-electron chi connectivity index (χ4n) is 5.98. The molecule has 0 amide bonds. The van der Waals surface area contributed by atoms with Gasteiger partial charge in [-0.25, -0.2) is 0 Å². The van der Waals surface area contributed by atoms with Gasteiger partial charge in [-0.3, -0.25) is 0 Å². The standard InChI is InChI=1S/C26H50N4O15/c1-7(2)44-26(4)21(37)16(35)12(29)24(45-26)41-18-10(6-31)40-25(17(18)36)42-19-13(32)8(3)38-22(30)20(19)43-23-11(28)15(34)14(33)9(5-27)39-23/h7-25,31-37H,5-6,27-30H2,1-4H3/t8-,9?,10+,11?,12?,13?,14+,15+,16?,17?,18-,19+,20-,21-,22?,23+,24-,25-,26+/m0/s1. The number of aliphatic hydroxyl groups is 7. The molecule has 15 N–H and O–H groups in total. The lowest BCUT2D eigenvalue weighted by atomic mass is 9.95. The van der Waals surface area contributed by atoms with Gasteiger partial charge in [0.1, 0.15) is 73.4 Å². The van der Waals surface area contributed by atoms with Gasteiger partial charge in [-0.15, -0.1) is 0 Å². The molecule has 19 heteroatoms. The van der Waals surface area contributed by atoms with Crippen LogP contribution in [-0.4, -0.2) is 171 Å². The minimum absolute atomic E-state index is 0.170. The van der Waals surface area contributed by atoms with Gasteiger partial charge in [0.05, 0.1) is 30.9 Å². The number of ether oxygens (including phenoxy) is 8. The van der Waals surface area contributed by atoms with E-state index in [1.807, 2.05) is 0 Å². The van der Waals surface area contributed by atoms with Gasteiger partial charge in [0, 0.05) is 6.54 Å². The summed E-state index contributed by atoms with van der Waals surface area (Å²) in [5, 5.41) is 74.2. The lowest BCUT2D eigenvalue weighted by Gasteiger charge is -2.48. The molecule has 4 aliphatic rings. The van der Waals surface area contributed by atoms with Crippen molar-refractivity contribution in [2.75, 3.05) is 13.2 Å². The van der Waals surface area contributed by atoms with E-state index in [2.05, 4.69) is 0 Å². The SMILES string of the molecule is CC(C)O[C@]1(C)O[C@H](O[C@@H]2C(O)[C@H](O[C@@H]3C(O)[C@H](C)OC(N)[C@H]3O[C@H]3OC(CN)[C@@H](O)[C@H](O)C3N)O[C@@H]2CO)C(N)C(O)[C@@H]1O. The molecule has 7 unspecified atom stereocenters. The molecular formula is C26H50N4O15. The number of rotatable bonds is 10. The Kier molecular flexibility index (Phi) is 12.2. The average Bonchev–Trinajstić information content (AvgIpc) is 3.28. The zero-order chi connectivity index (χ0) is 33.5. The van der Waals surface area contributed by atoms with Crippen molar-refractivity contribution < 1.29 is 73.6 Å². The summed E-state index contributed by atoms with van der Waals surface area (Å²) in [4.78, 5) is 0. The summed E-state index contributed by atoms with van der Waals surface area (Å²) in [7, 11) is 0. The van der Waals surface area contributed by atoms with Crippen LogP contribution in [0.5, 0.6) is 0 Å². The second-order valence-corrected chi connectivity index (χ2v) is 12.3. The number of hydrogen-bond donors (Lipinski definition) is 11. The van der Waals surface area contributed by atoms with Crippen LogP contribution >= 0.6 is 0 Å². The second-order valence-electron chi connectivity index (χ2n) is 12.3. The zero-order valence-electron chi connectivity index (χ0n) is 25.6. The van der Waals surface area contributed by atoms with Crippen molar-refractivity contribution in [2.24, 2.45) is 22.9 Å². The van der Waals surface area contributed by atoms with Gasteiger partial charge in [-0.05, 0) is 27.7 Å². The Bertz CT molecular complexity index is 958. The molecule has 19 nitrogen and oxygen atoms in total. The molecule has 0 aromatic heterocycles. The van der Waals surface area contributed by atoms with Crippen LogP contribution in [0.3, 0.4) is 0 Å². The van der Waals surface area contributed by atoms with E-state index in [0.717, 1.165) is 0 Å². The topological polar surface area (TPSA) is 320 Å². The predicted molar refractivity (Wildman–Crippen MR) is 148 cm³/mol. The first kappa shape index (κ1) is 37.1. The summed E-state index contributed by atoms with van der Waals surface area (Å²) in [5.74, 6) is -1.74. The molecule has 0 radical (unpaired) electrons. The molecule has 4 fully saturated rings. The van der Waals surface area contributed by atoms with Crippen molar-refractivity contribution in [3.8, 4) is 0 Å². The molecular weight excluding hydrogens is 608 g/mol. The molecule has 0 aliphatic carbocycles. The van der Waals surface area contributed by atoms with Crippen LogP contribution in [-0.2, 0) is 37.9 Å². The van der Waals surface area contributed by atoms with Gasteiger partial charge in [-0.1, -0.05) is 0 Å². The first-order chi connectivity index (χ1) is 21.0. The molecule has 4 saturated heterocycles. The Labute approximate surface area is 260 Å². The van der Waals surface area contributed by atoms with Crippen LogP contribution in [0, 0.1) is 0 Å². The fourth-order valence-corrected chi connectivity index (χ4v) is 5.98. The summed E-state index contributed by atoms with van der Waals surface area (Å²) in [6, 6.07) is -2.55. The zero-order valence-corrected chi connectivity index (χ0v) is 25.6. The van der Waals surface area contributed by atoms with Gasteiger partial charge in [0.25, 0.3) is 0 Å². The van der Waals surface area contributed by atoms with E-state index in [4.69, 9.17) is 60.8 Å². The molecule has 264 valence electrons. The Balaban J connectivity index is 1.51. The summed E-state index contributed by atoms with van der Waals surface area (Å²) < 4.78 is 46.4. The molecule has 0 spiro atoms. The van der Waals surface area contributed by atoms with Crippen LogP contribution < -0.4 is 22.9 Å². The molecule has 0 aromatic carbocycles. The maximum absolute atomic E-state index is 11.3. The van der Waals surface area contributed by atoms with Gasteiger partial charge in [0.15, 0.2) is 24.7 Å². The third kappa shape index (κ3) is 7.47. The van der Waals surface area contributed by atoms with E-state index in [9.17, 15) is 35.7 Å².